The predicted molar refractivity (Wildman–Crippen MR) is 127 cm³/mol. The molecule has 3 aliphatic carbocycles. The topological polar surface area (TPSA) is 96.3 Å². The molecule has 0 aliphatic heterocycles. The number of rotatable bonds is 7. The molecule has 2 saturated carbocycles. The van der Waals surface area contributed by atoms with E-state index in [1.54, 1.807) is 0 Å². The fourth-order valence-electron chi connectivity index (χ4n) is 6.58. The maximum atomic E-state index is 12.5. The van der Waals surface area contributed by atoms with Crippen LogP contribution in [-0.4, -0.2) is 51.7 Å². The molecule has 0 heterocycles. The highest BCUT2D eigenvalue weighted by Gasteiger charge is 2.56. The number of alkyl halides is 2. The fraction of sp³-hybridized carbons (Fsp3) is 0.696. The second-order valence-electron chi connectivity index (χ2n) is 9.72. The van der Waals surface area contributed by atoms with Crippen molar-refractivity contribution in [3.05, 3.63) is 29.3 Å². The molecule has 5 atom stereocenters. The van der Waals surface area contributed by atoms with Crippen molar-refractivity contribution in [1.82, 2.24) is 4.90 Å². The van der Waals surface area contributed by atoms with Gasteiger partial charge in [0.1, 0.15) is 5.75 Å². The molecule has 3 aliphatic rings. The Bertz CT molecular complexity index is 920. The first kappa shape index (κ1) is 25.3. The molecule has 0 aromatic heterocycles. The first-order chi connectivity index (χ1) is 15.7. The molecular formula is C23H32Cl2NO6P. The van der Waals surface area contributed by atoms with Gasteiger partial charge >= 0.3 is 13.9 Å². The number of hydrogen-bond donors (Lipinski definition) is 2. The number of phosphoric acid groups is 1. The van der Waals surface area contributed by atoms with E-state index in [0.717, 1.165) is 32.1 Å². The van der Waals surface area contributed by atoms with Gasteiger partial charge in [0, 0.05) is 24.8 Å². The highest BCUT2D eigenvalue weighted by molar-refractivity contribution is 7.46. The lowest BCUT2D eigenvalue weighted by molar-refractivity contribution is -0.0217. The Hall–Kier alpha value is -0.820. The molecule has 33 heavy (non-hydrogen) atoms. The van der Waals surface area contributed by atoms with Crippen LogP contribution in [-0.2, 0) is 15.5 Å². The fourth-order valence-corrected chi connectivity index (χ4v) is 7.66. The Morgan fingerprint density at radius 2 is 1.91 bits per heavy atom. The summed E-state index contributed by atoms with van der Waals surface area (Å²) >= 11 is 11.6. The number of fused-ring (bicyclic) bond motifs is 5. The molecule has 2 fully saturated rings. The number of ether oxygens (including phenoxy) is 1. The summed E-state index contributed by atoms with van der Waals surface area (Å²) in [4.78, 5) is 32.7. The molecule has 0 bridgehead atoms. The van der Waals surface area contributed by atoms with Gasteiger partial charge in [-0.25, -0.2) is 9.36 Å². The minimum atomic E-state index is -4.50. The number of phosphoric ester groups is 1. The summed E-state index contributed by atoms with van der Waals surface area (Å²) in [7, 11) is -4.50. The van der Waals surface area contributed by atoms with Crippen LogP contribution in [0.25, 0.3) is 0 Å². The van der Waals surface area contributed by atoms with Crippen LogP contribution >= 0.6 is 31.0 Å². The van der Waals surface area contributed by atoms with Crippen molar-refractivity contribution >= 4 is 37.1 Å². The van der Waals surface area contributed by atoms with Crippen molar-refractivity contribution in [2.75, 3.05) is 24.8 Å². The van der Waals surface area contributed by atoms with Crippen LogP contribution in [0.2, 0.25) is 0 Å². The molecule has 1 amide bonds. The molecule has 0 saturated heterocycles. The van der Waals surface area contributed by atoms with Crippen molar-refractivity contribution in [3.8, 4) is 5.75 Å². The Balaban J connectivity index is 1.48. The van der Waals surface area contributed by atoms with E-state index < -0.39 is 20.0 Å². The quantitative estimate of drug-likeness (QED) is 0.374. The molecule has 1 aromatic rings. The number of aryl methyl sites for hydroxylation is 1. The van der Waals surface area contributed by atoms with Crippen LogP contribution in [0.1, 0.15) is 56.1 Å². The summed E-state index contributed by atoms with van der Waals surface area (Å²) < 4.78 is 22.3. The molecule has 0 radical (unpaired) electrons. The maximum Gasteiger partial charge on any atom is 0.469 e. The van der Waals surface area contributed by atoms with Gasteiger partial charge in [-0.3, -0.25) is 4.52 Å². The van der Waals surface area contributed by atoms with Crippen molar-refractivity contribution in [2.24, 2.45) is 17.3 Å². The Morgan fingerprint density at radius 1 is 1.18 bits per heavy atom. The third-order valence-corrected chi connectivity index (χ3v) is 8.91. The van der Waals surface area contributed by atoms with Crippen LogP contribution in [0.4, 0.5) is 4.79 Å². The highest BCUT2D eigenvalue weighted by Crippen LogP contribution is 2.63. The largest absolute Gasteiger partial charge is 0.469 e. The molecule has 2 N–H and O–H groups in total. The Morgan fingerprint density at radius 3 is 2.58 bits per heavy atom. The van der Waals surface area contributed by atoms with Crippen LogP contribution in [0.3, 0.4) is 0 Å². The van der Waals surface area contributed by atoms with E-state index in [4.69, 9.17) is 32.5 Å². The number of benzene rings is 1. The monoisotopic (exact) mass is 519 g/mol. The molecule has 0 spiro atoms. The number of halogens is 2. The van der Waals surface area contributed by atoms with Gasteiger partial charge < -0.3 is 19.4 Å². The van der Waals surface area contributed by atoms with Crippen LogP contribution in [0.15, 0.2) is 18.2 Å². The van der Waals surface area contributed by atoms with Gasteiger partial charge in [0.25, 0.3) is 0 Å². The second-order valence-corrected chi connectivity index (χ2v) is 11.7. The number of hydrogen-bond acceptors (Lipinski definition) is 4. The molecule has 0 unspecified atom stereocenters. The van der Waals surface area contributed by atoms with E-state index in [9.17, 15) is 19.1 Å². The van der Waals surface area contributed by atoms with Crippen LogP contribution in [0.5, 0.6) is 5.75 Å². The van der Waals surface area contributed by atoms with E-state index >= 15 is 0 Å². The third-order valence-electron chi connectivity index (χ3n) is 8.05. The minimum Gasteiger partial charge on any atom is -0.410 e. The van der Waals surface area contributed by atoms with Crippen molar-refractivity contribution in [1.29, 1.82) is 0 Å². The Labute approximate surface area is 205 Å². The first-order valence-electron chi connectivity index (χ1n) is 11.6. The lowest BCUT2D eigenvalue weighted by Gasteiger charge is -2.50. The molecule has 184 valence electrons. The van der Waals surface area contributed by atoms with Gasteiger partial charge in [-0.15, -0.1) is 23.2 Å². The third kappa shape index (κ3) is 5.24. The lowest BCUT2D eigenvalue weighted by atomic mass is 9.55. The standard InChI is InChI=1S/C23H32Cl2NO6P/c1-23-9-8-18-17-5-3-16(31-22(27)26(12-10-24)13-11-25)14-15(17)2-4-19(18)20(23)6-7-21(23)32-33(28,29)30/h3,5,14,18-21H,2,4,6-13H2,1H3,(H2,28,29,30)/t18-,19+,20+,21+,23-/m1/s1. The SMILES string of the molecule is C[C@@]12CC[C@@H]3c4ccc(OC(=O)N(CCCl)CCCl)cc4CC[C@@H]3[C@@H]1CC[C@@H]2OP(=O)(O)O. The molecule has 10 heteroatoms. The summed E-state index contributed by atoms with van der Waals surface area (Å²) in [6.07, 6.45) is 4.55. The summed E-state index contributed by atoms with van der Waals surface area (Å²) in [5.74, 6) is 2.44. The van der Waals surface area contributed by atoms with Gasteiger partial charge in [-0.05, 0) is 85.0 Å². The predicted octanol–water partition coefficient (Wildman–Crippen LogP) is 5.30. The van der Waals surface area contributed by atoms with Crippen LogP contribution < -0.4 is 4.74 Å². The van der Waals surface area contributed by atoms with E-state index in [1.807, 2.05) is 12.1 Å². The number of carbonyl (C=O) groups excluding carboxylic acids is 1. The summed E-state index contributed by atoms with van der Waals surface area (Å²) in [6.45, 7) is 2.91. The highest BCUT2D eigenvalue weighted by atomic mass is 35.5. The summed E-state index contributed by atoms with van der Waals surface area (Å²) in [6, 6.07) is 5.93. The van der Waals surface area contributed by atoms with E-state index in [0.29, 0.717) is 54.8 Å². The van der Waals surface area contributed by atoms with Gasteiger partial charge in [-0.2, -0.15) is 0 Å². The zero-order valence-corrected chi connectivity index (χ0v) is 21.2. The molecule has 4 rings (SSSR count). The van der Waals surface area contributed by atoms with Crippen molar-refractivity contribution < 1.29 is 28.4 Å². The van der Waals surface area contributed by atoms with Gasteiger partial charge in [0.2, 0.25) is 0 Å². The van der Waals surface area contributed by atoms with Crippen molar-refractivity contribution in [3.63, 3.8) is 0 Å². The summed E-state index contributed by atoms with van der Waals surface area (Å²) in [5.41, 5.74) is 2.32. The molecule has 7 nitrogen and oxygen atoms in total. The second kappa shape index (κ2) is 10.0. The maximum absolute atomic E-state index is 12.5. The zero-order valence-electron chi connectivity index (χ0n) is 18.8. The summed E-state index contributed by atoms with van der Waals surface area (Å²) in [5, 5.41) is 0. The van der Waals surface area contributed by atoms with E-state index in [1.165, 1.54) is 16.0 Å². The zero-order chi connectivity index (χ0) is 23.8. The molecule has 1 aromatic carbocycles. The lowest BCUT2D eigenvalue weighted by Crippen LogP contribution is -2.44. The van der Waals surface area contributed by atoms with E-state index in [2.05, 4.69) is 13.0 Å². The van der Waals surface area contributed by atoms with E-state index in [-0.39, 0.29) is 5.41 Å². The smallest absolute Gasteiger partial charge is 0.410 e. The molecular weight excluding hydrogens is 488 g/mol. The van der Waals surface area contributed by atoms with Gasteiger partial charge in [0.15, 0.2) is 0 Å². The Kier molecular flexibility index (Phi) is 7.69. The van der Waals surface area contributed by atoms with Crippen LogP contribution in [0, 0.1) is 17.3 Å². The van der Waals surface area contributed by atoms with Crippen molar-refractivity contribution in [2.45, 2.75) is 57.5 Å². The minimum absolute atomic E-state index is 0.205. The number of nitrogens with zero attached hydrogens (tertiary/aromatic N) is 1. The normalized spacial score (nSPS) is 30.8. The average Bonchev–Trinajstić information content (AvgIpc) is 3.08. The average molecular weight is 520 g/mol. The van der Waals surface area contributed by atoms with Gasteiger partial charge in [0.05, 0.1) is 6.10 Å². The number of amides is 1. The first-order valence-corrected chi connectivity index (χ1v) is 14.2. The van der Waals surface area contributed by atoms with Gasteiger partial charge in [-0.1, -0.05) is 13.0 Å². The number of carbonyl (C=O) groups is 1.